The van der Waals surface area contributed by atoms with E-state index in [2.05, 4.69) is 169 Å². The molecule has 0 fully saturated rings. The molecule has 0 aliphatic carbocycles. The summed E-state index contributed by atoms with van der Waals surface area (Å²) in [5.74, 6) is -0.706. The molecular formula is C50H48N2O4. The summed E-state index contributed by atoms with van der Waals surface area (Å²) in [5.41, 5.74) is 11.8. The average Bonchev–Trinajstić information content (AvgIpc) is 3.23. The number of anilines is 6. The van der Waals surface area contributed by atoms with E-state index in [4.69, 9.17) is 9.47 Å². The third-order valence-electron chi connectivity index (χ3n) is 9.39. The van der Waals surface area contributed by atoms with Crippen LogP contribution in [-0.2, 0) is 31.9 Å². The van der Waals surface area contributed by atoms with Crippen LogP contribution in [0.15, 0.2) is 182 Å². The second-order valence-electron chi connectivity index (χ2n) is 13.8. The van der Waals surface area contributed by atoms with Crippen molar-refractivity contribution in [1.82, 2.24) is 0 Å². The quantitative estimate of drug-likeness (QED) is 0.0527. The lowest BCUT2D eigenvalue weighted by Crippen LogP contribution is -2.10. The largest absolute Gasteiger partial charge is 0.462 e. The van der Waals surface area contributed by atoms with Crippen molar-refractivity contribution in [3.63, 3.8) is 0 Å². The van der Waals surface area contributed by atoms with Crippen LogP contribution in [0.1, 0.15) is 37.8 Å². The van der Waals surface area contributed by atoms with Crippen molar-refractivity contribution in [3.8, 4) is 11.1 Å². The molecule has 0 aliphatic rings. The minimum atomic E-state index is -0.353. The molecule has 0 aromatic heterocycles. The van der Waals surface area contributed by atoms with Crippen LogP contribution in [-0.4, -0.2) is 25.2 Å². The third kappa shape index (κ3) is 10.3. The van der Waals surface area contributed by atoms with Crippen molar-refractivity contribution in [1.29, 1.82) is 0 Å². The van der Waals surface area contributed by atoms with Crippen LogP contribution >= 0.6 is 0 Å². The van der Waals surface area contributed by atoms with E-state index in [9.17, 15) is 9.59 Å². The fourth-order valence-electron chi connectivity index (χ4n) is 6.41. The maximum atomic E-state index is 11.8. The summed E-state index contributed by atoms with van der Waals surface area (Å²) in [6, 6.07) is 55.3. The number of carbonyl (C=O) groups excluding carboxylic acids is 2. The van der Waals surface area contributed by atoms with Crippen molar-refractivity contribution in [2.45, 2.75) is 39.5 Å². The molecule has 0 aliphatic heterocycles. The number of hydrogen-bond acceptors (Lipinski definition) is 6. The van der Waals surface area contributed by atoms with Gasteiger partial charge < -0.3 is 19.3 Å². The van der Waals surface area contributed by atoms with Gasteiger partial charge in [-0.3, -0.25) is 0 Å². The molecule has 56 heavy (non-hydrogen) atoms. The molecule has 0 atom stereocenters. The van der Waals surface area contributed by atoms with Crippen molar-refractivity contribution < 1.29 is 19.1 Å². The lowest BCUT2D eigenvalue weighted by molar-refractivity contribution is -0.139. The maximum Gasteiger partial charge on any atom is 0.333 e. The summed E-state index contributed by atoms with van der Waals surface area (Å²) in [5, 5.41) is 0. The first kappa shape index (κ1) is 39.0. The summed E-state index contributed by atoms with van der Waals surface area (Å²) in [4.78, 5) is 28.0. The van der Waals surface area contributed by atoms with Crippen molar-refractivity contribution in [2.24, 2.45) is 0 Å². The number of nitrogens with zero attached hydrogens (tertiary/aromatic N) is 2. The number of benzene rings is 6. The SMILES string of the molecule is C=C(C)C(=O)OCCCc1ccc(N(c2ccc(CCCOC(=O)C(=C)C)cc2)c2ccc(-c3ccc(N(c4ccccc4)c4ccccc4)cc3)cc2)cc1. The number of carbonyl (C=O) groups is 2. The minimum Gasteiger partial charge on any atom is -0.462 e. The smallest absolute Gasteiger partial charge is 0.333 e. The molecule has 0 saturated carbocycles. The van der Waals surface area contributed by atoms with E-state index >= 15 is 0 Å². The highest BCUT2D eigenvalue weighted by molar-refractivity contribution is 5.87. The van der Waals surface area contributed by atoms with Gasteiger partial charge in [0.25, 0.3) is 0 Å². The maximum absolute atomic E-state index is 11.8. The van der Waals surface area contributed by atoms with Gasteiger partial charge in [0.2, 0.25) is 0 Å². The minimum absolute atomic E-state index is 0.353. The standard InChI is InChI=1S/C50H48N2O4/c1-37(2)49(53)55-35-11-13-39-19-27-45(28-20-39)52(46-29-21-40(22-30-46)14-12-36-56-50(54)38(3)4)48-33-25-42(26-34-48)41-23-31-47(32-24-41)51(43-15-7-5-8-16-43)44-17-9-6-10-18-44/h5-10,15-34H,1,3,11-14,35-36H2,2,4H3. The molecule has 282 valence electrons. The van der Waals surface area contributed by atoms with E-state index in [1.165, 1.54) is 11.1 Å². The summed E-state index contributed by atoms with van der Waals surface area (Å²) in [6.45, 7) is 11.3. The van der Waals surface area contributed by atoms with Crippen LogP contribution in [0.4, 0.5) is 34.1 Å². The lowest BCUT2D eigenvalue weighted by atomic mass is 10.0. The third-order valence-corrected chi connectivity index (χ3v) is 9.39. The van der Waals surface area contributed by atoms with E-state index in [1.54, 1.807) is 13.8 Å². The van der Waals surface area contributed by atoms with Crippen molar-refractivity contribution in [2.75, 3.05) is 23.0 Å². The Labute approximate surface area is 331 Å². The number of aryl methyl sites for hydroxylation is 2. The van der Waals surface area contributed by atoms with Crippen LogP contribution in [0.5, 0.6) is 0 Å². The Kier molecular flexibility index (Phi) is 13.3. The van der Waals surface area contributed by atoms with Gasteiger partial charge in [-0.15, -0.1) is 0 Å². The Morgan fingerprint density at radius 1 is 0.429 bits per heavy atom. The molecule has 6 rings (SSSR count). The van der Waals surface area contributed by atoms with Crippen molar-refractivity contribution in [3.05, 3.63) is 193 Å². The monoisotopic (exact) mass is 740 g/mol. The molecule has 0 unspecified atom stereocenters. The van der Waals surface area contributed by atoms with Gasteiger partial charge in [-0.1, -0.05) is 98.1 Å². The molecule has 0 N–H and O–H groups in total. The average molecular weight is 741 g/mol. The molecule has 6 heteroatoms. The molecule has 0 amide bonds. The van der Waals surface area contributed by atoms with Crippen LogP contribution in [0.25, 0.3) is 11.1 Å². The summed E-state index contributed by atoms with van der Waals surface area (Å²) in [7, 11) is 0. The zero-order valence-corrected chi connectivity index (χ0v) is 32.2. The van der Waals surface area contributed by atoms with Crippen LogP contribution < -0.4 is 9.80 Å². The Balaban J connectivity index is 1.21. The highest BCUT2D eigenvalue weighted by Gasteiger charge is 2.15. The van der Waals surface area contributed by atoms with E-state index in [1.807, 2.05) is 12.1 Å². The van der Waals surface area contributed by atoms with E-state index in [-0.39, 0.29) is 11.9 Å². The second kappa shape index (κ2) is 19.1. The van der Waals surface area contributed by atoms with Gasteiger partial charge in [0.15, 0.2) is 0 Å². The first-order valence-electron chi connectivity index (χ1n) is 19.0. The molecule has 0 spiro atoms. The van der Waals surface area contributed by atoms with Gasteiger partial charge in [-0.05, 0) is 135 Å². The van der Waals surface area contributed by atoms with Gasteiger partial charge in [0, 0.05) is 45.3 Å². The molecule has 0 heterocycles. The van der Waals surface area contributed by atoms with Crippen molar-refractivity contribution >= 4 is 46.1 Å². The fraction of sp³-hybridized carbons (Fsp3) is 0.160. The first-order chi connectivity index (χ1) is 27.3. The normalized spacial score (nSPS) is 10.7. The van der Waals surface area contributed by atoms with Gasteiger partial charge in [-0.2, -0.15) is 0 Å². The number of rotatable bonds is 17. The molecule has 6 nitrogen and oxygen atoms in total. The number of esters is 2. The van der Waals surface area contributed by atoms with E-state index in [0.29, 0.717) is 24.4 Å². The van der Waals surface area contributed by atoms with Crippen LogP contribution in [0, 0.1) is 0 Å². The number of hydrogen-bond donors (Lipinski definition) is 0. The topological polar surface area (TPSA) is 59.1 Å². The Morgan fingerprint density at radius 3 is 1.02 bits per heavy atom. The predicted molar refractivity (Wildman–Crippen MR) is 229 cm³/mol. The Morgan fingerprint density at radius 2 is 0.714 bits per heavy atom. The second-order valence-corrected chi connectivity index (χ2v) is 13.8. The number of ether oxygens (including phenoxy) is 2. The highest BCUT2D eigenvalue weighted by atomic mass is 16.5. The van der Waals surface area contributed by atoms with Crippen LogP contribution in [0.2, 0.25) is 0 Å². The molecule has 0 bridgehead atoms. The molecule has 0 radical (unpaired) electrons. The lowest BCUT2D eigenvalue weighted by Gasteiger charge is -2.26. The number of para-hydroxylation sites is 2. The Bertz CT molecular complexity index is 2100. The Hall–Kier alpha value is -6.66. The van der Waals surface area contributed by atoms with Gasteiger partial charge >= 0.3 is 11.9 Å². The zero-order chi connectivity index (χ0) is 39.3. The summed E-state index contributed by atoms with van der Waals surface area (Å²) < 4.78 is 10.6. The van der Waals surface area contributed by atoms with E-state index < -0.39 is 0 Å². The first-order valence-corrected chi connectivity index (χ1v) is 19.0. The van der Waals surface area contributed by atoms with Gasteiger partial charge in [0.1, 0.15) is 0 Å². The molecule has 0 saturated heterocycles. The fourth-order valence-corrected chi connectivity index (χ4v) is 6.41. The highest BCUT2D eigenvalue weighted by Crippen LogP contribution is 2.38. The molecule has 6 aromatic rings. The summed E-state index contributed by atoms with van der Waals surface area (Å²) >= 11 is 0. The zero-order valence-electron chi connectivity index (χ0n) is 32.2. The van der Waals surface area contributed by atoms with Crippen LogP contribution in [0.3, 0.4) is 0 Å². The van der Waals surface area contributed by atoms with Gasteiger partial charge in [0.05, 0.1) is 13.2 Å². The summed E-state index contributed by atoms with van der Waals surface area (Å²) in [6.07, 6.45) is 3.05. The van der Waals surface area contributed by atoms with E-state index in [0.717, 1.165) is 70.9 Å². The van der Waals surface area contributed by atoms with Gasteiger partial charge in [-0.25, -0.2) is 9.59 Å². The molecular weight excluding hydrogens is 693 g/mol. The molecule has 6 aromatic carbocycles. The predicted octanol–water partition coefficient (Wildman–Crippen LogP) is 12.4.